The Balaban J connectivity index is 1.71. The Labute approximate surface area is 135 Å². The molecule has 0 N–H and O–H groups in total. The van der Waals surface area contributed by atoms with Gasteiger partial charge in [-0.1, -0.05) is 60.3 Å². The Hall–Kier alpha value is -1.78. The van der Waals surface area contributed by atoms with Crippen molar-refractivity contribution in [2.45, 2.75) is 36.1 Å². The summed E-state index contributed by atoms with van der Waals surface area (Å²) in [6.07, 6.45) is 1.32. The number of carbonyl (C=O) groups is 1. The molecule has 2 aromatic carbocycles. The lowest BCUT2D eigenvalue weighted by Gasteiger charge is -2.33. The SMILES string of the molecule is C[C@]1(Sc2ccccc2)CCC(=O)N1OCc1ccccc1. The van der Waals surface area contributed by atoms with Crippen LogP contribution < -0.4 is 0 Å². The van der Waals surface area contributed by atoms with E-state index in [4.69, 9.17) is 4.84 Å². The number of nitrogens with zero attached hydrogens (tertiary/aromatic N) is 1. The average Bonchev–Trinajstić information content (AvgIpc) is 2.82. The maximum atomic E-state index is 12.2. The van der Waals surface area contributed by atoms with Gasteiger partial charge in [-0.25, -0.2) is 5.06 Å². The largest absolute Gasteiger partial charge is 0.273 e. The summed E-state index contributed by atoms with van der Waals surface area (Å²) in [5.74, 6) is 0.0573. The summed E-state index contributed by atoms with van der Waals surface area (Å²) in [6.45, 7) is 2.48. The third kappa shape index (κ3) is 3.34. The molecule has 1 heterocycles. The molecule has 4 heteroatoms. The van der Waals surface area contributed by atoms with Crippen molar-refractivity contribution in [3.8, 4) is 0 Å². The van der Waals surface area contributed by atoms with Gasteiger partial charge in [0, 0.05) is 11.3 Å². The second-order valence-corrected chi connectivity index (χ2v) is 7.09. The number of thioether (sulfide) groups is 1. The van der Waals surface area contributed by atoms with E-state index in [2.05, 4.69) is 19.1 Å². The Morgan fingerprint density at radius 3 is 2.41 bits per heavy atom. The third-order valence-electron chi connectivity index (χ3n) is 3.74. The van der Waals surface area contributed by atoms with Crippen LogP contribution in [0.2, 0.25) is 0 Å². The lowest BCUT2D eigenvalue weighted by atomic mass is 10.2. The van der Waals surface area contributed by atoms with E-state index in [9.17, 15) is 4.79 Å². The number of hydroxylamine groups is 2. The first-order valence-electron chi connectivity index (χ1n) is 7.41. The van der Waals surface area contributed by atoms with E-state index in [0.717, 1.165) is 16.9 Å². The standard InChI is InChI=1S/C18H19NO2S/c1-18(22-16-10-6-3-7-11-16)13-12-17(20)19(18)21-14-15-8-4-2-5-9-15/h2-11H,12-14H2,1H3/t18-/m0/s1. The summed E-state index contributed by atoms with van der Waals surface area (Å²) in [6, 6.07) is 20.1. The highest BCUT2D eigenvalue weighted by molar-refractivity contribution is 8.00. The van der Waals surface area contributed by atoms with Crippen molar-refractivity contribution in [3.05, 3.63) is 66.2 Å². The van der Waals surface area contributed by atoms with Gasteiger partial charge < -0.3 is 0 Å². The Kier molecular flexibility index (Phi) is 4.50. The highest BCUT2D eigenvalue weighted by Gasteiger charge is 2.43. The van der Waals surface area contributed by atoms with Crippen molar-refractivity contribution in [3.63, 3.8) is 0 Å². The summed E-state index contributed by atoms with van der Waals surface area (Å²) in [5.41, 5.74) is 1.06. The molecule has 1 aliphatic rings. The molecule has 0 unspecified atom stereocenters. The molecule has 1 atom stereocenters. The van der Waals surface area contributed by atoms with Crippen LogP contribution in [0.5, 0.6) is 0 Å². The van der Waals surface area contributed by atoms with E-state index in [1.54, 1.807) is 16.8 Å². The fourth-order valence-corrected chi connectivity index (χ4v) is 3.81. The van der Waals surface area contributed by atoms with Crippen molar-refractivity contribution in [2.75, 3.05) is 0 Å². The van der Waals surface area contributed by atoms with E-state index >= 15 is 0 Å². The molecule has 1 fully saturated rings. The number of amides is 1. The predicted molar refractivity (Wildman–Crippen MR) is 88.0 cm³/mol. The first kappa shape index (κ1) is 15.1. The second kappa shape index (κ2) is 6.55. The summed E-state index contributed by atoms with van der Waals surface area (Å²) >= 11 is 1.68. The average molecular weight is 313 g/mol. The molecule has 0 spiro atoms. The molecule has 1 amide bonds. The number of benzene rings is 2. The predicted octanol–water partition coefficient (Wildman–Crippen LogP) is 4.25. The second-order valence-electron chi connectivity index (χ2n) is 5.54. The molecule has 1 aliphatic heterocycles. The van der Waals surface area contributed by atoms with Gasteiger partial charge in [0.1, 0.15) is 11.5 Å². The first-order valence-corrected chi connectivity index (χ1v) is 8.23. The quantitative estimate of drug-likeness (QED) is 0.826. The fourth-order valence-electron chi connectivity index (χ4n) is 2.56. The van der Waals surface area contributed by atoms with E-state index < -0.39 is 0 Å². The number of carbonyl (C=O) groups excluding carboxylic acids is 1. The monoisotopic (exact) mass is 313 g/mol. The van der Waals surface area contributed by atoms with Crippen LogP contribution in [-0.2, 0) is 16.2 Å². The zero-order chi connectivity index (χ0) is 15.4. The van der Waals surface area contributed by atoms with Crippen molar-refractivity contribution in [1.82, 2.24) is 5.06 Å². The van der Waals surface area contributed by atoms with Gasteiger partial charge in [0.15, 0.2) is 0 Å². The van der Waals surface area contributed by atoms with E-state index in [-0.39, 0.29) is 10.8 Å². The molecule has 114 valence electrons. The summed E-state index contributed by atoms with van der Waals surface area (Å²) in [7, 11) is 0. The molecule has 22 heavy (non-hydrogen) atoms. The van der Waals surface area contributed by atoms with Crippen molar-refractivity contribution in [1.29, 1.82) is 0 Å². The molecule has 3 rings (SSSR count). The van der Waals surface area contributed by atoms with Gasteiger partial charge >= 0.3 is 0 Å². The Morgan fingerprint density at radius 2 is 1.73 bits per heavy atom. The van der Waals surface area contributed by atoms with Crippen LogP contribution in [0.3, 0.4) is 0 Å². The lowest BCUT2D eigenvalue weighted by Crippen LogP contribution is -2.40. The Morgan fingerprint density at radius 1 is 1.09 bits per heavy atom. The molecule has 2 aromatic rings. The third-order valence-corrected chi connectivity index (χ3v) is 5.06. The highest BCUT2D eigenvalue weighted by atomic mass is 32.2. The minimum Gasteiger partial charge on any atom is -0.273 e. The molecule has 0 saturated carbocycles. The van der Waals surface area contributed by atoms with Crippen LogP contribution in [0.15, 0.2) is 65.6 Å². The maximum Gasteiger partial charge on any atom is 0.247 e. The van der Waals surface area contributed by atoms with Crippen molar-refractivity contribution in [2.24, 2.45) is 0 Å². The van der Waals surface area contributed by atoms with Crippen LogP contribution in [0.4, 0.5) is 0 Å². The normalized spacial score (nSPS) is 21.3. The summed E-state index contributed by atoms with van der Waals surface area (Å²) in [4.78, 5) is 18.8. The molecule has 0 bridgehead atoms. The first-order chi connectivity index (χ1) is 10.7. The summed E-state index contributed by atoms with van der Waals surface area (Å²) < 4.78 is 0. The van der Waals surface area contributed by atoms with Crippen molar-refractivity contribution < 1.29 is 9.63 Å². The highest BCUT2D eigenvalue weighted by Crippen LogP contribution is 2.43. The smallest absolute Gasteiger partial charge is 0.247 e. The van der Waals surface area contributed by atoms with Gasteiger partial charge in [-0.05, 0) is 31.0 Å². The summed E-state index contributed by atoms with van der Waals surface area (Å²) in [5, 5.41) is 1.57. The molecular formula is C18H19NO2S. The van der Waals surface area contributed by atoms with Crippen LogP contribution in [-0.4, -0.2) is 15.8 Å². The van der Waals surface area contributed by atoms with E-state index in [1.807, 2.05) is 48.5 Å². The minimum absolute atomic E-state index is 0.0573. The molecule has 0 radical (unpaired) electrons. The van der Waals surface area contributed by atoms with Crippen LogP contribution >= 0.6 is 11.8 Å². The van der Waals surface area contributed by atoms with Gasteiger partial charge in [0.25, 0.3) is 0 Å². The molecular weight excluding hydrogens is 294 g/mol. The van der Waals surface area contributed by atoms with Gasteiger partial charge in [0.2, 0.25) is 5.91 Å². The minimum atomic E-state index is -0.354. The number of hydrogen-bond acceptors (Lipinski definition) is 3. The van der Waals surface area contributed by atoms with Gasteiger partial charge in [-0.3, -0.25) is 9.63 Å². The molecule has 0 aliphatic carbocycles. The molecule has 1 saturated heterocycles. The van der Waals surface area contributed by atoms with Crippen LogP contribution in [0, 0.1) is 0 Å². The van der Waals surface area contributed by atoms with Crippen molar-refractivity contribution >= 4 is 17.7 Å². The van der Waals surface area contributed by atoms with Crippen LogP contribution in [0.1, 0.15) is 25.3 Å². The van der Waals surface area contributed by atoms with E-state index in [0.29, 0.717) is 13.0 Å². The topological polar surface area (TPSA) is 29.5 Å². The molecule has 3 nitrogen and oxygen atoms in total. The zero-order valence-electron chi connectivity index (χ0n) is 12.6. The number of hydrogen-bond donors (Lipinski definition) is 0. The molecule has 0 aromatic heterocycles. The van der Waals surface area contributed by atoms with Gasteiger partial charge in [0.05, 0.1) is 0 Å². The van der Waals surface area contributed by atoms with Gasteiger partial charge in [-0.2, -0.15) is 0 Å². The van der Waals surface area contributed by atoms with E-state index in [1.165, 1.54) is 0 Å². The lowest BCUT2D eigenvalue weighted by molar-refractivity contribution is -0.198. The maximum absolute atomic E-state index is 12.2. The van der Waals surface area contributed by atoms with Crippen LogP contribution in [0.25, 0.3) is 0 Å². The number of rotatable bonds is 5. The fraction of sp³-hybridized carbons (Fsp3) is 0.278. The van der Waals surface area contributed by atoms with Gasteiger partial charge in [-0.15, -0.1) is 0 Å². The zero-order valence-corrected chi connectivity index (χ0v) is 13.4. The Bertz CT molecular complexity index is 632.